The first-order valence-electron chi connectivity index (χ1n) is 7.32. The van der Waals surface area contributed by atoms with Gasteiger partial charge in [0.15, 0.2) is 0 Å². The van der Waals surface area contributed by atoms with Gasteiger partial charge in [0.05, 0.1) is 6.61 Å². The highest BCUT2D eigenvalue weighted by molar-refractivity contribution is 5.94. The minimum atomic E-state index is -0.0605. The number of ether oxygens (including phenoxy) is 1. The molecule has 2 aromatic carbocycles. The first kappa shape index (κ1) is 15.3. The van der Waals surface area contributed by atoms with E-state index in [9.17, 15) is 4.79 Å². The summed E-state index contributed by atoms with van der Waals surface area (Å²) in [6, 6.07) is 17.8. The van der Waals surface area contributed by atoms with Crippen molar-refractivity contribution in [3.8, 4) is 11.1 Å². The van der Waals surface area contributed by atoms with Gasteiger partial charge in [-0.25, -0.2) is 0 Å². The second kappa shape index (κ2) is 8.22. The van der Waals surface area contributed by atoms with Crippen LogP contribution in [-0.2, 0) is 4.74 Å². The van der Waals surface area contributed by atoms with Gasteiger partial charge >= 0.3 is 0 Å². The van der Waals surface area contributed by atoms with Crippen molar-refractivity contribution < 1.29 is 9.53 Å². The fraction of sp³-hybridized carbons (Fsp3) is 0.278. The topological polar surface area (TPSA) is 38.3 Å². The number of carbonyl (C=O) groups excluding carboxylic acids is 1. The summed E-state index contributed by atoms with van der Waals surface area (Å²) in [5, 5.41) is 2.85. The molecule has 0 bridgehead atoms. The van der Waals surface area contributed by atoms with Crippen LogP contribution in [0.15, 0.2) is 54.6 Å². The van der Waals surface area contributed by atoms with Crippen LogP contribution in [0.4, 0.5) is 0 Å². The number of rotatable bonds is 7. The molecule has 3 nitrogen and oxygen atoms in total. The molecule has 2 aromatic rings. The van der Waals surface area contributed by atoms with E-state index >= 15 is 0 Å². The molecule has 0 aliphatic carbocycles. The number of benzene rings is 2. The molecule has 0 atom stereocenters. The molecule has 1 N–H and O–H groups in total. The van der Waals surface area contributed by atoms with Crippen LogP contribution in [0.1, 0.15) is 23.7 Å². The van der Waals surface area contributed by atoms with E-state index in [-0.39, 0.29) is 5.91 Å². The zero-order chi connectivity index (χ0) is 14.9. The molecule has 0 saturated carbocycles. The molecule has 0 radical (unpaired) electrons. The Hall–Kier alpha value is -2.13. The summed E-state index contributed by atoms with van der Waals surface area (Å²) in [7, 11) is 0. The van der Waals surface area contributed by atoms with Crippen LogP contribution >= 0.6 is 0 Å². The van der Waals surface area contributed by atoms with Crippen molar-refractivity contribution in [2.75, 3.05) is 19.8 Å². The van der Waals surface area contributed by atoms with E-state index < -0.39 is 0 Å². The van der Waals surface area contributed by atoms with Crippen LogP contribution in [0.25, 0.3) is 11.1 Å². The smallest absolute Gasteiger partial charge is 0.251 e. The summed E-state index contributed by atoms with van der Waals surface area (Å²) in [5.74, 6) is -0.0605. The van der Waals surface area contributed by atoms with Crippen molar-refractivity contribution in [1.82, 2.24) is 5.32 Å². The van der Waals surface area contributed by atoms with Crippen molar-refractivity contribution in [3.05, 3.63) is 60.2 Å². The highest BCUT2D eigenvalue weighted by atomic mass is 16.5. The molecule has 110 valence electrons. The van der Waals surface area contributed by atoms with Crippen molar-refractivity contribution in [1.29, 1.82) is 0 Å². The van der Waals surface area contributed by atoms with E-state index in [1.165, 1.54) is 0 Å². The van der Waals surface area contributed by atoms with Gasteiger partial charge in [-0.15, -0.1) is 0 Å². The van der Waals surface area contributed by atoms with Crippen molar-refractivity contribution in [2.45, 2.75) is 13.3 Å². The minimum absolute atomic E-state index is 0.0605. The minimum Gasteiger partial charge on any atom is -0.380 e. The SMILES string of the molecule is CCCOCCNC(=O)c1ccc(-c2ccccc2)cc1. The quantitative estimate of drug-likeness (QED) is 0.790. The molecule has 0 aliphatic heterocycles. The first-order valence-corrected chi connectivity index (χ1v) is 7.32. The Balaban J connectivity index is 1.88. The normalized spacial score (nSPS) is 10.3. The van der Waals surface area contributed by atoms with Gasteiger partial charge in [0.2, 0.25) is 0 Å². The molecule has 0 saturated heterocycles. The summed E-state index contributed by atoms with van der Waals surface area (Å²) >= 11 is 0. The van der Waals surface area contributed by atoms with Gasteiger partial charge in [0.1, 0.15) is 0 Å². The molecule has 0 heterocycles. The lowest BCUT2D eigenvalue weighted by molar-refractivity contribution is 0.0915. The zero-order valence-electron chi connectivity index (χ0n) is 12.3. The van der Waals surface area contributed by atoms with Crippen LogP contribution in [0.3, 0.4) is 0 Å². The molecular weight excluding hydrogens is 262 g/mol. The predicted molar refractivity (Wildman–Crippen MR) is 85.3 cm³/mol. The molecule has 0 fully saturated rings. The lowest BCUT2D eigenvalue weighted by Gasteiger charge is -2.07. The van der Waals surface area contributed by atoms with Gasteiger partial charge in [-0.05, 0) is 29.7 Å². The molecule has 1 amide bonds. The molecule has 0 aromatic heterocycles. The number of hydrogen-bond acceptors (Lipinski definition) is 2. The molecule has 2 rings (SSSR count). The van der Waals surface area contributed by atoms with E-state index in [1.807, 2.05) is 42.5 Å². The van der Waals surface area contributed by atoms with Gasteiger partial charge in [-0.1, -0.05) is 49.4 Å². The Kier molecular flexibility index (Phi) is 5.98. The van der Waals surface area contributed by atoms with Crippen LogP contribution in [-0.4, -0.2) is 25.7 Å². The van der Waals surface area contributed by atoms with E-state index in [2.05, 4.69) is 24.4 Å². The molecule has 0 aliphatic rings. The van der Waals surface area contributed by atoms with Crippen LogP contribution in [0.2, 0.25) is 0 Å². The summed E-state index contributed by atoms with van der Waals surface area (Å²) in [5.41, 5.74) is 2.93. The average Bonchev–Trinajstić information content (AvgIpc) is 2.55. The Labute approximate surface area is 126 Å². The Bertz CT molecular complexity index is 549. The lowest BCUT2D eigenvalue weighted by Crippen LogP contribution is -2.27. The average molecular weight is 283 g/mol. The second-order valence-electron chi connectivity index (χ2n) is 4.81. The third kappa shape index (κ3) is 4.72. The maximum absolute atomic E-state index is 12.0. The highest BCUT2D eigenvalue weighted by Gasteiger charge is 2.05. The maximum atomic E-state index is 12.0. The number of nitrogens with one attached hydrogen (secondary N) is 1. The van der Waals surface area contributed by atoms with Gasteiger partial charge in [-0.3, -0.25) is 4.79 Å². The number of carbonyl (C=O) groups is 1. The van der Waals surface area contributed by atoms with E-state index in [0.29, 0.717) is 18.7 Å². The van der Waals surface area contributed by atoms with E-state index in [0.717, 1.165) is 24.2 Å². The van der Waals surface area contributed by atoms with Crippen molar-refractivity contribution in [3.63, 3.8) is 0 Å². The summed E-state index contributed by atoms with van der Waals surface area (Å²) < 4.78 is 5.33. The molecule has 3 heteroatoms. The largest absolute Gasteiger partial charge is 0.380 e. The fourth-order valence-corrected chi connectivity index (χ4v) is 2.03. The van der Waals surface area contributed by atoms with Gasteiger partial charge < -0.3 is 10.1 Å². The van der Waals surface area contributed by atoms with E-state index in [1.54, 1.807) is 0 Å². The third-order valence-electron chi connectivity index (χ3n) is 3.13. The monoisotopic (exact) mass is 283 g/mol. The highest BCUT2D eigenvalue weighted by Crippen LogP contribution is 2.19. The maximum Gasteiger partial charge on any atom is 0.251 e. The Morgan fingerprint density at radius 2 is 1.62 bits per heavy atom. The molecular formula is C18H21NO2. The number of amides is 1. The second-order valence-corrected chi connectivity index (χ2v) is 4.81. The van der Waals surface area contributed by atoms with Crippen molar-refractivity contribution >= 4 is 5.91 Å². The Morgan fingerprint density at radius 3 is 2.29 bits per heavy atom. The Morgan fingerprint density at radius 1 is 0.952 bits per heavy atom. The molecule has 0 unspecified atom stereocenters. The van der Waals surface area contributed by atoms with Gasteiger partial charge in [-0.2, -0.15) is 0 Å². The van der Waals surface area contributed by atoms with Crippen LogP contribution in [0.5, 0.6) is 0 Å². The van der Waals surface area contributed by atoms with Crippen molar-refractivity contribution in [2.24, 2.45) is 0 Å². The summed E-state index contributed by atoms with van der Waals surface area (Å²) in [6.45, 7) is 3.90. The van der Waals surface area contributed by atoms with Gasteiger partial charge in [0, 0.05) is 18.7 Å². The van der Waals surface area contributed by atoms with Crippen LogP contribution in [0, 0.1) is 0 Å². The first-order chi connectivity index (χ1) is 10.3. The zero-order valence-corrected chi connectivity index (χ0v) is 12.3. The molecule has 0 spiro atoms. The molecule has 21 heavy (non-hydrogen) atoms. The number of hydrogen-bond donors (Lipinski definition) is 1. The summed E-state index contributed by atoms with van der Waals surface area (Å²) in [4.78, 5) is 12.0. The fourth-order valence-electron chi connectivity index (χ4n) is 2.03. The van der Waals surface area contributed by atoms with E-state index in [4.69, 9.17) is 4.74 Å². The van der Waals surface area contributed by atoms with Crippen LogP contribution < -0.4 is 5.32 Å². The lowest BCUT2D eigenvalue weighted by atomic mass is 10.0. The third-order valence-corrected chi connectivity index (χ3v) is 3.13. The summed E-state index contributed by atoms with van der Waals surface area (Å²) in [6.07, 6.45) is 0.995. The predicted octanol–water partition coefficient (Wildman–Crippen LogP) is 3.51. The van der Waals surface area contributed by atoms with Gasteiger partial charge in [0.25, 0.3) is 5.91 Å². The standard InChI is InChI=1S/C18H21NO2/c1-2-13-21-14-12-19-18(20)17-10-8-16(9-11-17)15-6-4-3-5-7-15/h3-11H,2,12-14H2,1H3,(H,19,20).